The zero-order valence-electron chi connectivity index (χ0n) is 16.1. The summed E-state index contributed by atoms with van der Waals surface area (Å²) in [6, 6.07) is 23.7. The van der Waals surface area contributed by atoms with E-state index in [1.807, 2.05) is 85.8 Å². The summed E-state index contributed by atoms with van der Waals surface area (Å²) in [5.74, 6) is 1.29. The number of carbonyl (C=O) groups excluding carboxylic acids is 1. The van der Waals surface area contributed by atoms with Gasteiger partial charge in [-0.25, -0.2) is 4.99 Å². The number of hydrogen-bond acceptors (Lipinski definition) is 5. The molecule has 1 saturated heterocycles. The van der Waals surface area contributed by atoms with Crippen LogP contribution in [0.5, 0.6) is 0 Å². The number of hydrogen-bond donors (Lipinski definition) is 1. The molecule has 6 heteroatoms. The van der Waals surface area contributed by atoms with Crippen LogP contribution in [0.3, 0.4) is 0 Å². The standard InChI is InChI=1S/C24H17N3O2S/c1-15-7-10-18(11-8-15)25-23-21(30-24(28)26-23)14-16-9-12-20-19(13-16)22(29-27-20)17-5-3-2-4-6-17/h2-14H,1H3,(H,25,26,28). The average molecular weight is 411 g/mol. The van der Waals surface area contributed by atoms with E-state index in [9.17, 15) is 4.79 Å². The highest BCUT2D eigenvalue weighted by Crippen LogP contribution is 2.32. The van der Waals surface area contributed by atoms with Crippen LogP contribution >= 0.6 is 11.8 Å². The maximum atomic E-state index is 12.0. The number of carbonyl (C=O) groups is 1. The molecule has 0 atom stereocenters. The number of aromatic nitrogens is 1. The fourth-order valence-corrected chi connectivity index (χ4v) is 4.00. The van der Waals surface area contributed by atoms with Crippen molar-refractivity contribution in [2.24, 2.45) is 4.99 Å². The summed E-state index contributed by atoms with van der Waals surface area (Å²) in [5, 5.41) is 7.79. The molecule has 1 fully saturated rings. The van der Waals surface area contributed by atoms with E-state index >= 15 is 0 Å². The number of thioether (sulfide) groups is 1. The molecular weight excluding hydrogens is 394 g/mol. The summed E-state index contributed by atoms with van der Waals surface area (Å²) in [7, 11) is 0. The van der Waals surface area contributed by atoms with Gasteiger partial charge < -0.3 is 9.84 Å². The number of amidine groups is 1. The quantitative estimate of drug-likeness (QED) is 0.428. The van der Waals surface area contributed by atoms with Crippen molar-refractivity contribution in [3.8, 4) is 11.3 Å². The summed E-state index contributed by atoms with van der Waals surface area (Å²) >= 11 is 1.14. The number of rotatable bonds is 3. The SMILES string of the molecule is Cc1ccc(N=C2NC(=O)SC2=Cc2ccc3noc(-c4ccccc4)c3c2)cc1. The van der Waals surface area contributed by atoms with E-state index in [0.29, 0.717) is 5.84 Å². The van der Waals surface area contributed by atoms with Gasteiger partial charge in [0.15, 0.2) is 5.76 Å². The lowest BCUT2D eigenvalue weighted by molar-refractivity contribution is 0.265. The number of nitrogens with zero attached hydrogens (tertiary/aromatic N) is 2. The third-order valence-electron chi connectivity index (χ3n) is 4.77. The van der Waals surface area contributed by atoms with Gasteiger partial charge in [0.2, 0.25) is 0 Å². The Kier molecular flexibility index (Phi) is 4.69. The smallest absolute Gasteiger partial charge is 0.289 e. The molecule has 2 heterocycles. The van der Waals surface area contributed by atoms with Crippen molar-refractivity contribution in [1.29, 1.82) is 0 Å². The second-order valence-electron chi connectivity index (χ2n) is 6.97. The van der Waals surface area contributed by atoms with E-state index in [0.717, 1.165) is 55.7 Å². The summed E-state index contributed by atoms with van der Waals surface area (Å²) in [6.07, 6.45) is 1.96. The Morgan fingerprint density at radius 1 is 1.03 bits per heavy atom. The van der Waals surface area contributed by atoms with Crippen LogP contribution in [0.1, 0.15) is 11.1 Å². The minimum Gasteiger partial charge on any atom is -0.355 e. The van der Waals surface area contributed by atoms with Gasteiger partial charge in [-0.1, -0.05) is 59.3 Å². The summed E-state index contributed by atoms with van der Waals surface area (Å²) in [4.78, 5) is 17.4. The molecule has 1 aliphatic heterocycles. The molecule has 30 heavy (non-hydrogen) atoms. The van der Waals surface area contributed by atoms with Gasteiger partial charge in [0, 0.05) is 5.56 Å². The summed E-state index contributed by atoms with van der Waals surface area (Å²) < 4.78 is 5.59. The van der Waals surface area contributed by atoms with Crippen molar-refractivity contribution in [2.45, 2.75) is 6.92 Å². The largest absolute Gasteiger partial charge is 0.355 e. The lowest BCUT2D eigenvalue weighted by Crippen LogP contribution is -2.18. The second kappa shape index (κ2) is 7.65. The number of aliphatic imine (C=N–C) groups is 1. The molecule has 1 aliphatic rings. The van der Waals surface area contributed by atoms with E-state index in [1.54, 1.807) is 0 Å². The first-order valence-corrected chi connectivity index (χ1v) is 10.3. The van der Waals surface area contributed by atoms with Crippen molar-refractivity contribution in [3.05, 3.63) is 88.8 Å². The fraction of sp³-hybridized carbons (Fsp3) is 0.0417. The molecule has 1 N–H and O–H groups in total. The molecular formula is C24H17N3O2S. The van der Waals surface area contributed by atoms with Crippen LogP contribution in [-0.2, 0) is 0 Å². The lowest BCUT2D eigenvalue weighted by atomic mass is 10.1. The van der Waals surface area contributed by atoms with Crippen LogP contribution < -0.4 is 5.32 Å². The summed E-state index contributed by atoms with van der Waals surface area (Å²) in [6.45, 7) is 2.03. The molecule has 0 spiro atoms. The predicted molar refractivity (Wildman–Crippen MR) is 122 cm³/mol. The van der Waals surface area contributed by atoms with Gasteiger partial charge in [-0.3, -0.25) is 4.79 Å². The van der Waals surface area contributed by atoms with Gasteiger partial charge in [0.25, 0.3) is 5.24 Å². The monoisotopic (exact) mass is 411 g/mol. The van der Waals surface area contributed by atoms with E-state index in [2.05, 4.69) is 15.5 Å². The summed E-state index contributed by atoms with van der Waals surface area (Å²) in [5.41, 5.74) is 4.66. The van der Waals surface area contributed by atoms with Crippen molar-refractivity contribution < 1.29 is 9.32 Å². The minimum atomic E-state index is -0.136. The third-order valence-corrected chi connectivity index (χ3v) is 5.58. The molecule has 1 aromatic heterocycles. The normalized spacial score (nSPS) is 16.5. The Bertz CT molecular complexity index is 1310. The first-order valence-electron chi connectivity index (χ1n) is 9.47. The van der Waals surface area contributed by atoms with Crippen LogP contribution in [0.4, 0.5) is 10.5 Å². The molecule has 0 radical (unpaired) electrons. The van der Waals surface area contributed by atoms with Crippen molar-refractivity contribution in [2.75, 3.05) is 0 Å². The third kappa shape index (κ3) is 3.65. The van der Waals surface area contributed by atoms with E-state index in [-0.39, 0.29) is 5.24 Å². The maximum Gasteiger partial charge on any atom is 0.289 e. The van der Waals surface area contributed by atoms with Gasteiger partial charge in [0.1, 0.15) is 11.4 Å². The van der Waals surface area contributed by atoms with Crippen LogP contribution in [-0.4, -0.2) is 16.2 Å². The molecule has 0 bridgehead atoms. The minimum absolute atomic E-state index is 0.136. The molecule has 3 aromatic carbocycles. The Hall–Kier alpha value is -3.64. The number of aryl methyl sites for hydroxylation is 1. The topological polar surface area (TPSA) is 67.5 Å². The highest BCUT2D eigenvalue weighted by Gasteiger charge is 2.23. The zero-order chi connectivity index (χ0) is 20.5. The predicted octanol–water partition coefficient (Wildman–Crippen LogP) is 6.33. The Balaban J connectivity index is 1.54. The van der Waals surface area contributed by atoms with Crippen LogP contribution in [0, 0.1) is 6.92 Å². The van der Waals surface area contributed by atoms with Gasteiger partial charge in [-0.15, -0.1) is 0 Å². The second-order valence-corrected chi connectivity index (χ2v) is 7.99. The lowest BCUT2D eigenvalue weighted by Gasteiger charge is -2.01. The zero-order valence-corrected chi connectivity index (χ0v) is 16.9. The molecule has 5 nitrogen and oxygen atoms in total. The number of benzene rings is 3. The highest BCUT2D eigenvalue weighted by molar-refractivity contribution is 8.18. The first-order chi connectivity index (χ1) is 14.7. The van der Waals surface area contributed by atoms with Gasteiger partial charge >= 0.3 is 0 Å². The fourth-order valence-electron chi connectivity index (χ4n) is 3.26. The van der Waals surface area contributed by atoms with Crippen molar-refractivity contribution >= 4 is 45.5 Å². The molecule has 0 unspecified atom stereocenters. The van der Waals surface area contributed by atoms with Gasteiger partial charge in [0.05, 0.1) is 16.0 Å². The van der Waals surface area contributed by atoms with Crippen LogP contribution in [0.2, 0.25) is 0 Å². The van der Waals surface area contributed by atoms with E-state index in [1.165, 1.54) is 0 Å². The van der Waals surface area contributed by atoms with Gasteiger partial charge in [-0.2, -0.15) is 0 Å². The van der Waals surface area contributed by atoms with Crippen molar-refractivity contribution in [1.82, 2.24) is 10.5 Å². The maximum absolute atomic E-state index is 12.0. The molecule has 1 amide bonds. The number of nitrogens with one attached hydrogen (secondary N) is 1. The van der Waals surface area contributed by atoms with E-state index in [4.69, 9.17) is 4.52 Å². The first kappa shape index (κ1) is 18.4. The van der Waals surface area contributed by atoms with E-state index < -0.39 is 0 Å². The molecule has 146 valence electrons. The molecule has 4 aromatic rings. The Labute approximate surface area is 177 Å². The van der Waals surface area contributed by atoms with Crippen LogP contribution in [0.15, 0.2) is 87.2 Å². The number of fused-ring (bicyclic) bond motifs is 1. The van der Waals surface area contributed by atoms with Crippen LogP contribution in [0.25, 0.3) is 28.3 Å². The molecule has 5 rings (SSSR count). The van der Waals surface area contributed by atoms with Gasteiger partial charge in [-0.05, 0) is 54.6 Å². The Morgan fingerprint density at radius 3 is 2.63 bits per heavy atom. The highest BCUT2D eigenvalue weighted by atomic mass is 32.2. The number of amides is 1. The average Bonchev–Trinajstić information content (AvgIpc) is 3.33. The Morgan fingerprint density at radius 2 is 1.83 bits per heavy atom. The molecule has 0 aliphatic carbocycles. The molecule has 0 saturated carbocycles. The van der Waals surface area contributed by atoms with Crippen molar-refractivity contribution in [3.63, 3.8) is 0 Å².